The van der Waals surface area contributed by atoms with E-state index >= 15 is 0 Å². The number of alkyl halides is 5. The average Bonchev–Trinajstić information content (AvgIpc) is 2.28. The highest BCUT2D eigenvalue weighted by Crippen LogP contribution is 2.16. The second-order valence-corrected chi connectivity index (χ2v) is 4.27. The molecular formula is C12H21F5O2. The standard InChI is InChI=1S/C12H21F5O2/c13-11(14)8-6-4-2-1-3-5-7-9-18-10-19-12(15,16)17/h11H,1-10H2. The molecule has 0 saturated heterocycles. The van der Waals surface area contributed by atoms with Crippen LogP contribution in [0.4, 0.5) is 22.0 Å². The van der Waals surface area contributed by atoms with Crippen LogP contribution >= 0.6 is 0 Å². The summed E-state index contributed by atoms with van der Waals surface area (Å²) in [7, 11) is 0. The fourth-order valence-corrected chi connectivity index (χ4v) is 1.55. The minimum Gasteiger partial charge on any atom is -0.355 e. The van der Waals surface area contributed by atoms with Crippen LogP contribution in [0.5, 0.6) is 0 Å². The van der Waals surface area contributed by atoms with E-state index in [2.05, 4.69) is 9.47 Å². The molecule has 0 rings (SSSR count). The highest BCUT2D eigenvalue weighted by atomic mass is 19.4. The molecule has 0 aliphatic rings. The SMILES string of the molecule is FC(F)CCCCCCCCCOCOC(F)(F)F. The fraction of sp³-hybridized carbons (Fsp3) is 1.00. The summed E-state index contributed by atoms with van der Waals surface area (Å²) in [5, 5.41) is 0. The summed E-state index contributed by atoms with van der Waals surface area (Å²) >= 11 is 0. The highest BCUT2D eigenvalue weighted by Gasteiger charge is 2.28. The van der Waals surface area contributed by atoms with Crippen molar-refractivity contribution in [3.8, 4) is 0 Å². The van der Waals surface area contributed by atoms with Crippen LogP contribution in [-0.2, 0) is 9.47 Å². The van der Waals surface area contributed by atoms with Crippen molar-refractivity contribution < 1.29 is 31.4 Å². The number of ether oxygens (including phenoxy) is 2. The van der Waals surface area contributed by atoms with Gasteiger partial charge in [0.25, 0.3) is 0 Å². The Morgan fingerprint density at radius 2 is 1.32 bits per heavy atom. The Hall–Kier alpha value is -0.430. The Kier molecular flexibility index (Phi) is 11.1. The molecule has 2 nitrogen and oxygen atoms in total. The van der Waals surface area contributed by atoms with Crippen LogP contribution < -0.4 is 0 Å². The van der Waals surface area contributed by atoms with Gasteiger partial charge in [-0.25, -0.2) is 8.78 Å². The Balaban J connectivity index is 3.03. The summed E-state index contributed by atoms with van der Waals surface area (Å²) < 4.78 is 66.3. The third-order valence-electron chi connectivity index (χ3n) is 2.52. The van der Waals surface area contributed by atoms with E-state index in [1.54, 1.807) is 0 Å². The van der Waals surface area contributed by atoms with Gasteiger partial charge in [-0.3, -0.25) is 4.74 Å². The van der Waals surface area contributed by atoms with E-state index in [4.69, 9.17) is 0 Å². The van der Waals surface area contributed by atoms with Crippen molar-refractivity contribution in [2.24, 2.45) is 0 Å². The molecule has 0 bridgehead atoms. The fourth-order valence-electron chi connectivity index (χ4n) is 1.55. The number of rotatable bonds is 12. The van der Waals surface area contributed by atoms with Crippen molar-refractivity contribution in [1.82, 2.24) is 0 Å². The summed E-state index contributed by atoms with van der Waals surface area (Å²) in [6.45, 7) is -0.529. The van der Waals surface area contributed by atoms with Crippen LogP contribution in [0.15, 0.2) is 0 Å². The quantitative estimate of drug-likeness (QED) is 0.290. The second kappa shape index (κ2) is 11.4. The number of hydrogen-bond acceptors (Lipinski definition) is 2. The molecule has 0 unspecified atom stereocenters. The number of unbranched alkanes of at least 4 members (excludes halogenated alkanes) is 6. The summed E-state index contributed by atoms with van der Waals surface area (Å²) in [6, 6.07) is 0. The van der Waals surface area contributed by atoms with Crippen molar-refractivity contribution >= 4 is 0 Å². The molecule has 0 aromatic rings. The van der Waals surface area contributed by atoms with Gasteiger partial charge in [0.2, 0.25) is 6.43 Å². The lowest BCUT2D eigenvalue weighted by molar-refractivity contribution is -0.349. The first-order valence-electron chi connectivity index (χ1n) is 6.48. The van der Waals surface area contributed by atoms with E-state index in [-0.39, 0.29) is 13.0 Å². The molecule has 0 aromatic heterocycles. The summed E-state index contributed by atoms with van der Waals surface area (Å²) in [5.41, 5.74) is 0. The maximum absolute atomic E-state index is 11.8. The molecular weight excluding hydrogens is 271 g/mol. The first kappa shape index (κ1) is 18.6. The summed E-state index contributed by atoms with van der Waals surface area (Å²) in [5.74, 6) is 0. The van der Waals surface area contributed by atoms with Crippen LogP contribution in [0, 0.1) is 0 Å². The van der Waals surface area contributed by atoms with Gasteiger partial charge in [-0.15, -0.1) is 13.2 Å². The zero-order valence-electron chi connectivity index (χ0n) is 10.9. The minimum atomic E-state index is -4.64. The molecule has 0 heterocycles. The summed E-state index contributed by atoms with van der Waals surface area (Å²) in [4.78, 5) is 0. The lowest BCUT2D eigenvalue weighted by Crippen LogP contribution is -2.16. The predicted octanol–water partition coefficient (Wildman–Crippen LogP) is 4.88. The maximum Gasteiger partial charge on any atom is 0.524 e. The maximum atomic E-state index is 11.8. The lowest BCUT2D eigenvalue weighted by Gasteiger charge is -2.07. The molecule has 0 atom stereocenters. The second-order valence-electron chi connectivity index (χ2n) is 4.27. The van der Waals surface area contributed by atoms with Crippen molar-refractivity contribution in [2.75, 3.05) is 13.4 Å². The van der Waals surface area contributed by atoms with Crippen molar-refractivity contribution in [3.63, 3.8) is 0 Å². The van der Waals surface area contributed by atoms with Crippen LogP contribution in [0.2, 0.25) is 0 Å². The molecule has 0 aliphatic carbocycles. The van der Waals surface area contributed by atoms with Crippen LogP contribution in [0.25, 0.3) is 0 Å². The van der Waals surface area contributed by atoms with Gasteiger partial charge in [-0.05, 0) is 12.8 Å². The van der Waals surface area contributed by atoms with Gasteiger partial charge >= 0.3 is 6.36 Å². The van der Waals surface area contributed by atoms with Gasteiger partial charge in [-0.1, -0.05) is 32.1 Å². The monoisotopic (exact) mass is 292 g/mol. The van der Waals surface area contributed by atoms with Gasteiger partial charge in [0.1, 0.15) is 0 Å². The van der Waals surface area contributed by atoms with E-state index < -0.39 is 19.6 Å². The molecule has 0 amide bonds. The first-order valence-corrected chi connectivity index (χ1v) is 6.48. The van der Waals surface area contributed by atoms with E-state index in [1.807, 2.05) is 0 Å². The van der Waals surface area contributed by atoms with Crippen LogP contribution in [0.3, 0.4) is 0 Å². The molecule has 0 N–H and O–H groups in total. The first-order chi connectivity index (χ1) is 8.92. The minimum absolute atomic E-state index is 0.0347. The highest BCUT2D eigenvalue weighted by molar-refractivity contribution is 4.47. The zero-order valence-corrected chi connectivity index (χ0v) is 10.9. The Bertz CT molecular complexity index is 197. The lowest BCUT2D eigenvalue weighted by atomic mass is 10.1. The van der Waals surface area contributed by atoms with Crippen LogP contribution in [-0.4, -0.2) is 26.2 Å². The molecule has 19 heavy (non-hydrogen) atoms. The van der Waals surface area contributed by atoms with Crippen LogP contribution in [0.1, 0.15) is 51.4 Å². The van der Waals surface area contributed by atoms with E-state index in [0.717, 1.165) is 32.1 Å². The Morgan fingerprint density at radius 1 is 0.789 bits per heavy atom. The number of hydrogen-bond donors (Lipinski definition) is 0. The average molecular weight is 292 g/mol. The zero-order chi connectivity index (χ0) is 14.6. The predicted molar refractivity (Wildman–Crippen MR) is 60.9 cm³/mol. The van der Waals surface area contributed by atoms with Gasteiger partial charge in [0, 0.05) is 13.0 Å². The Labute approximate surface area is 110 Å². The summed E-state index contributed by atoms with van der Waals surface area (Å²) in [6.07, 6.45) is -1.16. The van der Waals surface area contributed by atoms with Crippen molar-refractivity contribution in [2.45, 2.75) is 64.2 Å². The normalized spacial score (nSPS) is 12.3. The molecule has 7 heteroatoms. The molecule has 0 saturated carbocycles. The van der Waals surface area contributed by atoms with Crippen molar-refractivity contribution in [3.05, 3.63) is 0 Å². The van der Waals surface area contributed by atoms with E-state index in [9.17, 15) is 22.0 Å². The third kappa shape index (κ3) is 17.6. The van der Waals surface area contributed by atoms with Crippen molar-refractivity contribution in [1.29, 1.82) is 0 Å². The van der Waals surface area contributed by atoms with E-state index in [0.29, 0.717) is 12.8 Å². The third-order valence-corrected chi connectivity index (χ3v) is 2.52. The topological polar surface area (TPSA) is 18.5 Å². The molecule has 116 valence electrons. The molecule has 0 aromatic carbocycles. The molecule has 0 fully saturated rings. The number of halogens is 5. The van der Waals surface area contributed by atoms with Gasteiger partial charge in [0.05, 0.1) is 0 Å². The van der Waals surface area contributed by atoms with Gasteiger partial charge in [0.15, 0.2) is 6.79 Å². The van der Waals surface area contributed by atoms with Gasteiger partial charge in [-0.2, -0.15) is 0 Å². The smallest absolute Gasteiger partial charge is 0.355 e. The molecule has 0 aliphatic heterocycles. The largest absolute Gasteiger partial charge is 0.524 e. The molecule has 0 radical (unpaired) electrons. The molecule has 0 spiro atoms. The van der Waals surface area contributed by atoms with Gasteiger partial charge < -0.3 is 4.74 Å². The van der Waals surface area contributed by atoms with E-state index in [1.165, 1.54) is 0 Å². The Morgan fingerprint density at radius 3 is 1.84 bits per heavy atom.